The number of amides is 1. The van der Waals surface area contributed by atoms with Gasteiger partial charge in [-0.05, 0) is 87.1 Å². The first kappa shape index (κ1) is 23.1. The van der Waals surface area contributed by atoms with Crippen molar-refractivity contribution in [2.45, 2.75) is 58.1 Å². The van der Waals surface area contributed by atoms with Crippen molar-refractivity contribution in [1.82, 2.24) is 14.8 Å². The molecule has 1 aliphatic carbocycles. The number of hydrogen-bond acceptors (Lipinski definition) is 7. The Morgan fingerprint density at radius 2 is 1.91 bits per heavy atom. The molecule has 1 aromatic rings. The van der Waals surface area contributed by atoms with E-state index in [0.717, 1.165) is 29.3 Å². The molecule has 8 nitrogen and oxygen atoms in total. The second-order valence-electron chi connectivity index (χ2n) is 9.57. The minimum atomic E-state index is -2.28. The maximum Gasteiger partial charge on any atom is 0.410 e. The zero-order valence-corrected chi connectivity index (χ0v) is 22.5. The van der Waals surface area contributed by atoms with Crippen molar-refractivity contribution < 1.29 is 23.2 Å². The van der Waals surface area contributed by atoms with E-state index in [4.69, 9.17) is 13.6 Å². The fourth-order valence-corrected chi connectivity index (χ4v) is 4.22. The van der Waals surface area contributed by atoms with Crippen molar-refractivity contribution in [2.24, 2.45) is 5.92 Å². The van der Waals surface area contributed by atoms with Gasteiger partial charge in [0.2, 0.25) is 0 Å². The lowest BCUT2D eigenvalue weighted by Gasteiger charge is -2.38. The predicted molar refractivity (Wildman–Crippen MR) is 138 cm³/mol. The normalized spacial score (nSPS) is 20.4. The summed E-state index contributed by atoms with van der Waals surface area (Å²) in [7, 11) is 3.05. The molecule has 1 heterocycles. The summed E-state index contributed by atoms with van der Waals surface area (Å²) in [6, 6.07) is 3.75. The maximum absolute atomic E-state index is 12.3. The number of esters is 1. The van der Waals surface area contributed by atoms with Gasteiger partial charge in [0.05, 0.1) is 13.7 Å². The number of aromatic nitrogens is 1. The van der Waals surface area contributed by atoms with Crippen molar-refractivity contribution >= 4 is 40.5 Å². The Bertz CT molecular complexity index is 856. The lowest BCUT2D eigenvalue weighted by Crippen LogP contribution is -2.46. The summed E-state index contributed by atoms with van der Waals surface area (Å²) >= 11 is 2.15. The van der Waals surface area contributed by atoms with E-state index in [1.54, 1.807) is 19.3 Å². The summed E-state index contributed by atoms with van der Waals surface area (Å²) in [5, 5.41) is 0. The van der Waals surface area contributed by atoms with E-state index in [1.807, 2.05) is 26.8 Å². The monoisotopic (exact) mass is 577 g/mol. The van der Waals surface area contributed by atoms with Crippen LogP contribution in [0.5, 0.6) is 0 Å². The first-order chi connectivity index (χ1) is 16.7. The molecule has 1 aliphatic rings. The minimum absolute atomic E-state index is 0.141. The highest BCUT2D eigenvalue weighted by Gasteiger charge is 2.29. The molecule has 1 aromatic heterocycles. The molecule has 1 amide bonds. The van der Waals surface area contributed by atoms with Crippen LogP contribution in [0.4, 0.5) is 10.6 Å². The van der Waals surface area contributed by atoms with Crippen LogP contribution in [0.25, 0.3) is 0 Å². The van der Waals surface area contributed by atoms with Gasteiger partial charge in [0, 0.05) is 53.6 Å². The molecule has 0 radical (unpaired) electrons. The van der Waals surface area contributed by atoms with Gasteiger partial charge in [0.15, 0.2) is 0 Å². The SMILES string of the molecule is [2H]C([2H])([2H])N(CC1CCC(N(CCN(C)C(=O)OC(C)(C)C)CC(=O)OC)CC1)c1ccc(I)cn1. The number of ether oxygens (including phenoxy) is 2. The first-order valence-electron chi connectivity index (χ1n) is 12.8. The van der Waals surface area contributed by atoms with Crippen LogP contribution in [0.1, 0.15) is 50.6 Å². The van der Waals surface area contributed by atoms with Gasteiger partial charge in [-0.1, -0.05) is 0 Å². The molecule has 2 rings (SSSR count). The molecule has 186 valence electrons. The van der Waals surface area contributed by atoms with E-state index in [2.05, 4.69) is 32.5 Å². The third-order valence-corrected chi connectivity index (χ3v) is 6.39. The molecule has 9 heteroatoms. The lowest BCUT2D eigenvalue weighted by atomic mass is 9.85. The average Bonchev–Trinajstić information content (AvgIpc) is 2.79. The van der Waals surface area contributed by atoms with E-state index in [9.17, 15) is 9.59 Å². The third-order valence-electron chi connectivity index (χ3n) is 5.75. The molecule has 1 fully saturated rings. The number of halogens is 1. The van der Waals surface area contributed by atoms with Gasteiger partial charge in [-0.2, -0.15) is 0 Å². The van der Waals surface area contributed by atoms with Gasteiger partial charge in [0.1, 0.15) is 11.4 Å². The van der Waals surface area contributed by atoms with E-state index in [-0.39, 0.29) is 24.5 Å². The average molecular weight is 578 g/mol. The van der Waals surface area contributed by atoms with Crippen LogP contribution in [0.3, 0.4) is 0 Å². The quantitative estimate of drug-likeness (QED) is 0.324. The Kier molecular flexibility index (Phi) is 8.93. The first-order valence-corrected chi connectivity index (χ1v) is 12.4. The number of rotatable bonds is 9. The number of hydrogen-bond donors (Lipinski definition) is 0. The van der Waals surface area contributed by atoms with E-state index in [1.165, 1.54) is 16.9 Å². The molecule has 0 atom stereocenters. The Hall–Kier alpha value is -1.62. The largest absolute Gasteiger partial charge is 0.468 e. The van der Waals surface area contributed by atoms with Gasteiger partial charge in [0.25, 0.3) is 0 Å². The summed E-state index contributed by atoms with van der Waals surface area (Å²) in [6.45, 7) is 4.65. The summed E-state index contributed by atoms with van der Waals surface area (Å²) in [6.07, 6.45) is 4.59. The summed E-state index contributed by atoms with van der Waals surface area (Å²) < 4.78 is 35.3. The number of anilines is 1. The molecule has 0 N–H and O–H groups in total. The van der Waals surface area contributed by atoms with Crippen LogP contribution >= 0.6 is 22.6 Å². The molecule has 33 heavy (non-hydrogen) atoms. The van der Waals surface area contributed by atoms with Crippen molar-refractivity contribution in [3.63, 3.8) is 0 Å². The number of pyridine rings is 1. The highest BCUT2D eigenvalue weighted by molar-refractivity contribution is 14.1. The Labute approximate surface area is 216 Å². The van der Waals surface area contributed by atoms with Crippen molar-refractivity contribution in [3.05, 3.63) is 21.9 Å². The fourth-order valence-electron chi connectivity index (χ4n) is 3.90. The highest BCUT2D eigenvalue weighted by atomic mass is 127. The molecule has 0 saturated heterocycles. The van der Waals surface area contributed by atoms with Gasteiger partial charge in [-0.15, -0.1) is 0 Å². The second-order valence-corrected chi connectivity index (χ2v) is 10.8. The fraction of sp³-hybridized carbons (Fsp3) is 0.708. The van der Waals surface area contributed by atoms with E-state index < -0.39 is 18.7 Å². The van der Waals surface area contributed by atoms with Crippen LogP contribution in [0, 0.1) is 9.49 Å². The number of carbonyl (C=O) groups is 2. The number of methoxy groups -OCH3 is 1. The lowest BCUT2D eigenvalue weighted by molar-refractivity contribution is -0.142. The van der Waals surface area contributed by atoms with Gasteiger partial charge in [-0.3, -0.25) is 9.69 Å². The summed E-state index contributed by atoms with van der Waals surface area (Å²) in [5.74, 6) is 0.331. The molecular formula is C24H39IN4O4. The number of carbonyl (C=O) groups excluding carboxylic acids is 2. The molecular weight excluding hydrogens is 535 g/mol. The number of nitrogens with zero attached hydrogens (tertiary/aromatic N) is 4. The van der Waals surface area contributed by atoms with Crippen LogP contribution < -0.4 is 4.90 Å². The van der Waals surface area contributed by atoms with Crippen molar-refractivity contribution in [1.29, 1.82) is 0 Å². The molecule has 0 spiro atoms. The predicted octanol–water partition coefficient (Wildman–Crippen LogP) is 4.02. The molecule has 0 aromatic carbocycles. The zero-order chi connectivity index (χ0) is 27.1. The van der Waals surface area contributed by atoms with E-state index >= 15 is 0 Å². The zero-order valence-electron chi connectivity index (χ0n) is 23.3. The second kappa shape index (κ2) is 12.7. The standard InChI is InChI=1S/C24H39IN4O4/c1-24(2,3)33-23(31)27(4)13-14-29(17-22(30)32-6)20-10-7-18(8-11-20)16-28(5)21-12-9-19(25)15-26-21/h9,12,15,18,20H,7-8,10-11,13-14,16-17H2,1-6H3/i5D3. The van der Waals surface area contributed by atoms with Crippen LogP contribution in [-0.2, 0) is 14.3 Å². The topological polar surface area (TPSA) is 75.2 Å². The minimum Gasteiger partial charge on any atom is -0.468 e. The maximum atomic E-state index is 12.3. The Balaban J connectivity index is 1.99. The van der Waals surface area contributed by atoms with Crippen LogP contribution in [0.2, 0.25) is 0 Å². The van der Waals surface area contributed by atoms with Gasteiger partial charge < -0.3 is 19.3 Å². The summed E-state index contributed by atoms with van der Waals surface area (Å²) in [5.41, 5.74) is -0.578. The molecule has 0 bridgehead atoms. The third kappa shape index (κ3) is 9.64. The van der Waals surface area contributed by atoms with E-state index in [0.29, 0.717) is 25.5 Å². The Morgan fingerprint density at radius 1 is 1.21 bits per heavy atom. The smallest absolute Gasteiger partial charge is 0.410 e. The Morgan fingerprint density at radius 3 is 2.45 bits per heavy atom. The highest BCUT2D eigenvalue weighted by Crippen LogP contribution is 2.29. The van der Waals surface area contributed by atoms with Crippen LogP contribution in [-0.4, -0.2) is 85.8 Å². The van der Waals surface area contributed by atoms with Gasteiger partial charge >= 0.3 is 12.1 Å². The van der Waals surface area contributed by atoms with Crippen molar-refractivity contribution in [2.75, 3.05) is 52.2 Å². The molecule has 1 saturated carbocycles. The summed E-state index contributed by atoms with van der Waals surface area (Å²) in [4.78, 5) is 33.7. The van der Waals surface area contributed by atoms with Crippen LogP contribution in [0.15, 0.2) is 18.3 Å². The molecule has 0 aliphatic heterocycles. The van der Waals surface area contributed by atoms with Crippen molar-refractivity contribution in [3.8, 4) is 0 Å². The van der Waals surface area contributed by atoms with Gasteiger partial charge in [-0.25, -0.2) is 9.78 Å². The number of likely N-dealkylation sites (N-methyl/N-ethyl adjacent to an activating group) is 1. The molecule has 0 unspecified atom stereocenters.